The van der Waals surface area contributed by atoms with Crippen molar-refractivity contribution in [3.8, 4) is 0 Å². The second kappa shape index (κ2) is 10.3. The Kier molecular flexibility index (Phi) is 7.70. The van der Waals surface area contributed by atoms with Crippen molar-refractivity contribution in [1.82, 2.24) is 15.2 Å². The lowest BCUT2D eigenvalue weighted by molar-refractivity contribution is 0.0161. The van der Waals surface area contributed by atoms with Gasteiger partial charge in [-0.05, 0) is 58.4 Å². The molecule has 2 aromatic rings. The van der Waals surface area contributed by atoms with E-state index in [0.717, 1.165) is 42.9 Å². The summed E-state index contributed by atoms with van der Waals surface area (Å²) in [5, 5.41) is 4.00. The van der Waals surface area contributed by atoms with Crippen LogP contribution >= 0.6 is 11.3 Å². The van der Waals surface area contributed by atoms with Gasteiger partial charge >= 0.3 is 6.09 Å². The quantitative estimate of drug-likeness (QED) is 0.695. The topological polar surface area (TPSA) is 71.5 Å². The predicted octanol–water partition coefficient (Wildman–Crippen LogP) is 4.81. The van der Waals surface area contributed by atoms with Crippen LogP contribution in [0.1, 0.15) is 66.0 Å². The van der Waals surface area contributed by atoms with E-state index in [1.807, 2.05) is 45.9 Å². The first-order valence-corrected chi connectivity index (χ1v) is 11.8. The highest BCUT2D eigenvalue weighted by Gasteiger charge is 2.27. The molecule has 1 saturated heterocycles. The molecule has 1 N–H and O–H groups in total. The molecular weight excluding hydrogens is 410 g/mol. The molecule has 1 atom stereocenters. The fourth-order valence-corrected chi connectivity index (χ4v) is 4.79. The van der Waals surface area contributed by atoms with Gasteiger partial charge in [0, 0.05) is 26.1 Å². The lowest BCUT2D eigenvalue weighted by Gasteiger charge is -2.34. The summed E-state index contributed by atoms with van der Waals surface area (Å²) in [6, 6.07) is 10.2. The van der Waals surface area contributed by atoms with E-state index < -0.39 is 5.60 Å². The number of amides is 2. The fraction of sp³-hybridized carbons (Fsp3) is 0.542. The highest BCUT2D eigenvalue weighted by Crippen LogP contribution is 2.23. The van der Waals surface area contributed by atoms with E-state index in [1.54, 1.807) is 4.90 Å². The van der Waals surface area contributed by atoms with Crippen LogP contribution in [0.4, 0.5) is 4.79 Å². The number of carbonyl (C=O) groups is 2. The number of nitrogens with one attached hydrogen (secondary N) is 1. The van der Waals surface area contributed by atoms with Crippen LogP contribution in [0, 0.1) is 12.8 Å². The molecule has 2 amide bonds. The summed E-state index contributed by atoms with van der Waals surface area (Å²) in [4.78, 5) is 32.1. The number of rotatable bonds is 6. The summed E-state index contributed by atoms with van der Waals surface area (Å²) >= 11 is 1.47. The number of carbonyl (C=O) groups excluding carboxylic acids is 2. The van der Waals surface area contributed by atoms with Gasteiger partial charge < -0.3 is 15.0 Å². The van der Waals surface area contributed by atoms with Crippen LogP contribution in [0.3, 0.4) is 0 Å². The molecule has 2 heterocycles. The average Bonchev–Trinajstić information content (AvgIpc) is 3.08. The fourth-order valence-electron chi connectivity index (χ4n) is 3.77. The lowest BCUT2D eigenvalue weighted by atomic mass is 9.95. The number of nitrogens with zero attached hydrogens (tertiary/aromatic N) is 2. The van der Waals surface area contributed by atoms with E-state index >= 15 is 0 Å². The molecule has 1 fully saturated rings. The molecule has 0 bridgehead atoms. The van der Waals surface area contributed by atoms with Gasteiger partial charge in [0.25, 0.3) is 5.91 Å². The molecule has 31 heavy (non-hydrogen) atoms. The van der Waals surface area contributed by atoms with Gasteiger partial charge in [-0.25, -0.2) is 9.78 Å². The van der Waals surface area contributed by atoms with E-state index in [1.165, 1.54) is 16.9 Å². The lowest BCUT2D eigenvalue weighted by Crippen LogP contribution is -2.43. The normalized spacial score (nSPS) is 16.8. The SMILES string of the molecule is Cc1nc(Cc2ccccc2)sc1C(=O)NCCC1CCCN(C(=O)OC(C)(C)C)C1. The van der Waals surface area contributed by atoms with Gasteiger partial charge in [0.05, 0.1) is 10.7 Å². The molecule has 1 aromatic carbocycles. The highest BCUT2D eigenvalue weighted by atomic mass is 32.1. The first-order chi connectivity index (χ1) is 14.7. The maximum absolute atomic E-state index is 12.7. The standard InChI is InChI=1S/C24H33N3O3S/c1-17-21(31-20(26-17)15-18-9-6-5-7-10-18)22(28)25-13-12-19-11-8-14-27(16-19)23(29)30-24(2,3)4/h5-7,9-10,19H,8,11-16H2,1-4H3,(H,25,28). The number of benzene rings is 1. The zero-order valence-electron chi connectivity index (χ0n) is 18.9. The van der Waals surface area contributed by atoms with Gasteiger partial charge in [0.1, 0.15) is 10.5 Å². The van der Waals surface area contributed by atoms with Gasteiger partial charge in [-0.3, -0.25) is 4.79 Å². The molecule has 3 rings (SSSR count). The second-order valence-corrected chi connectivity index (χ2v) is 10.2. The third-order valence-electron chi connectivity index (χ3n) is 5.25. The summed E-state index contributed by atoms with van der Waals surface area (Å²) < 4.78 is 5.50. The van der Waals surface area contributed by atoms with E-state index in [-0.39, 0.29) is 12.0 Å². The molecule has 1 aliphatic rings. The van der Waals surface area contributed by atoms with E-state index in [9.17, 15) is 9.59 Å². The molecule has 168 valence electrons. The van der Waals surface area contributed by atoms with Crippen LogP contribution in [-0.2, 0) is 11.2 Å². The summed E-state index contributed by atoms with van der Waals surface area (Å²) in [7, 11) is 0. The predicted molar refractivity (Wildman–Crippen MR) is 124 cm³/mol. The Morgan fingerprint density at radius 3 is 2.71 bits per heavy atom. The number of thiazole rings is 1. The van der Waals surface area contributed by atoms with Gasteiger partial charge in [0.15, 0.2) is 0 Å². The first-order valence-electron chi connectivity index (χ1n) is 11.0. The van der Waals surface area contributed by atoms with Crippen LogP contribution in [0.25, 0.3) is 0 Å². The average molecular weight is 444 g/mol. The molecule has 0 radical (unpaired) electrons. The van der Waals surface area contributed by atoms with Crippen LogP contribution in [-0.4, -0.2) is 47.1 Å². The Morgan fingerprint density at radius 1 is 1.26 bits per heavy atom. The molecule has 6 nitrogen and oxygen atoms in total. The third kappa shape index (κ3) is 7.06. The summed E-state index contributed by atoms with van der Waals surface area (Å²) in [6.07, 6.45) is 3.37. The zero-order chi connectivity index (χ0) is 22.4. The van der Waals surface area contributed by atoms with Crippen molar-refractivity contribution in [2.45, 2.75) is 59.0 Å². The first kappa shape index (κ1) is 23.3. The summed E-state index contributed by atoms with van der Waals surface area (Å²) in [6.45, 7) is 9.56. The van der Waals surface area contributed by atoms with Gasteiger partial charge in [-0.2, -0.15) is 0 Å². The van der Waals surface area contributed by atoms with E-state index in [4.69, 9.17) is 4.74 Å². The Bertz CT molecular complexity index is 889. The van der Waals surface area contributed by atoms with Crippen LogP contribution in [0.5, 0.6) is 0 Å². The van der Waals surface area contributed by atoms with Gasteiger partial charge in [-0.1, -0.05) is 30.3 Å². The van der Waals surface area contributed by atoms with Crippen molar-refractivity contribution in [3.63, 3.8) is 0 Å². The van der Waals surface area contributed by atoms with Crippen LogP contribution in [0.2, 0.25) is 0 Å². The van der Waals surface area contributed by atoms with Crippen molar-refractivity contribution in [2.24, 2.45) is 5.92 Å². The zero-order valence-corrected chi connectivity index (χ0v) is 19.8. The molecule has 0 saturated carbocycles. The van der Waals surface area contributed by atoms with Crippen molar-refractivity contribution in [3.05, 3.63) is 51.5 Å². The van der Waals surface area contributed by atoms with E-state index in [2.05, 4.69) is 22.4 Å². The number of aromatic nitrogens is 1. The number of piperidine rings is 1. The van der Waals surface area contributed by atoms with E-state index in [0.29, 0.717) is 23.9 Å². The Morgan fingerprint density at radius 2 is 2.00 bits per heavy atom. The minimum atomic E-state index is -0.482. The largest absolute Gasteiger partial charge is 0.444 e. The molecule has 0 aliphatic carbocycles. The Balaban J connectivity index is 1.47. The third-order valence-corrected chi connectivity index (χ3v) is 6.41. The Hall–Kier alpha value is -2.41. The smallest absolute Gasteiger partial charge is 0.410 e. The number of aryl methyl sites for hydroxylation is 1. The number of hydrogen-bond donors (Lipinski definition) is 1. The van der Waals surface area contributed by atoms with Crippen molar-refractivity contribution in [2.75, 3.05) is 19.6 Å². The molecule has 0 spiro atoms. The molecule has 1 aliphatic heterocycles. The van der Waals surface area contributed by atoms with Crippen molar-refractivity contribution in [1.29, 1.82) is 0 Å². The maximum Gasteiger partial charge on any atom is 0.410 e. The highest BCUT2D eigenvalue weighted by molar-refractivity contribution is 7.13. The summed E-state index contributed by atoms with van der Waals surface area (Å²) in [5.74, 6) is 0.312. The van der Waals surface area contributed by atoms with Crippen molar-refractivity contribution < 1.29 is 14.3 Å². The monoisotopic (exact) mass is 443 g/mol. The molecular formula is C24H33N3O3S. The molecule has 1 unspecified atom stereocenters. The van der Waals surface area contributed by atoms with Crippen molar-refractivity contribution >= 4 is 23.3 Å². The minimum absolute atomic E-state index is 0.0610. The molecule has 7 heteroatoms. The van der Waals surface area contributed by atoms with Gasteiger partial charge in [-0.15, -0.1) is 11.3 Å². The number of likely N-dealkylation sites (tertiary alicyclic amines) is 1. The number of hydrogen-bond acceptors (Lipinski definition) is 5. The number of ether oxygens (including phenoxy) is 1. The minimum Gasteiger partial charge on any atom is -0.444 e. The maximum atomic E-state index is 12.7. The van der Waals surface area contributed by atoms with Crippen LogP contribution in [0.15, 0.2) is 30.3 Å². The second-order valence-electron chi connectivity index (χ2n) is 9.16. The van der Waals surface area contributed by atoms with Crippen LogP contribution < -0.4 is 5.32 Å². The Labute approximate surface area is 189 Å². The van der Waals surface area contributed by atoms with Gasteiger partial charge in [0.2, 0.25) is 0 Å². The summed E-state index contributed by atoms with van der Waals surface area (Å²) in [5.41, 5.74) is 1.49. The molecule has 1 aromatic heterocycles.